The predicted octanol–water partition coefficient (Wildman–Crippen LogP) is 10.8. The standard InChI is InChI=1S/C24H22FN3O.C18H15FN2O.C17H13FN2O.C6H7N.Na.H/c25-20-9-11-22(12-10-20)28-23-13-8-19(14-17(23)15-27-28)24(29,18-6-7-18)16-26-21-4-2-1-3-5-21;19-15-4-6-16(7-5-15)21-17-8-3-14(9-12(17)10-20-21)18(11-22-18)13-1-2-13;18-14-4-6-15(7-5-14)20-16-8-3-12(9-13(16)10-19-20)17(21)11-1-2-11;7-6-4-2-1-3-5-6;;/h1-5,8-15,18,26,29H,6-7,16H2;3-10,13H,1-2,11H2;3-11H,1-2H2;1-5H,7H2;;/q;;;;+1;-1. The van der Waals surface area contributed by atoms with Crippen molar-refractivity contribution in [1.29, 1.82) is 0 Å². The number of ether oxygens (including phenoxy) is 1. The summed E-state index contributed by atoms with van der Waals surface area (Å²) in [6.07, 6.45) is 12.0. The molecule has 4 aliphatic rings. The summed E-state index contributed by atoms with van der Waals surface area (Å²) in [6.45, 7) is 1.30. The zero-order chi connectivity index (χ0) is 54.1. The van der Waals surface area contributed by atoms with E-state index in [9.17, 15) is 23.1 Å². The van der Waals surface area contributed by atoms with Gasteiger partial charge in [-0.1, -0.05) is 48.5 Å². The molecule has 4 N–H and O–H groups in total. The molecule has 11 nitrogen and oxygen atoms in total. The van der Waals surface area contributed by atoms with E-state index in [0.29, 0.717) is 12.5 Å². The Kier molecular flexibility index (Phi) is 15.6. The average molecular weight is 1080 g/mol. The van der Waals surface area contributed by atoms with Gasteiger partial charge in [-0.25, -0.2) is 27.2 Å². The molecule has 2 unspecified atom stereocenters. The summed E-state index contributed by atoms with van der Waals surface area (Å²) >= 11 is 0. The molecule has 11 aromatic rings. The SMILES string of the molecule is Fc1ccc(-n2ncc3cc(C4(C5CC5)CO4)ccc32)cc1.Nc1ccccc1.O=C(c1ccc2c(cnn2-c2ccc(F)cc2)c1)C1CC1.OC(CNc1ccccc1)(c1ccc2c(cnn2-c2ccc(F)cc2)c1)C1CC1.[H-].[Na+]. The number of carbonyl (C=O) groups is 1. The van der Waals surface area contributed by atoms with Gasteiger partial charge in [-0.05, 0) is 201 Å². The van der Waals surface area contributed by atoms with Crippen LogP contribution < -0.4 is 40.6 Å². The molecule has 0 amide bonds. The quantitative estimate of drug-likeness (QED) is 0.0475. The third-order valence-corrected chi connectivity index (χ3v) is 15.2. The van der Waals surface area contributed by atoms with Crippen LogP contribution in [0.4, 0.5) is 24.5 Å². The minimum atomic E-state index is -0.929. The second-order valence-electron chi connectivity index (χ2n) is 20.8. The van der Waals surface area contributed by atoms with Crippen LogP contribution in [0.1, 0.15) is 61.4 Å². The molecule has 1 aliphatic heterocycles. The smallest absolute Gasteiger partial charge is 1.00 e. The van der Waals surface area contributed by atoms with E-state index >= 15 is 0 Å². The Balaban J connectivity index is 0.000000128. The number of nitrogens with zero attached hydrogens (tertiary/aromatic N) is 6. The number of fused-ring (bicyclic) bond motifs is 3. The van der Waals surface area contributed by atoms with Crippen LogP contribution in [0.2, 0.25) is 0 Å². The number of benzene rings is 8. The largest absolute Gasteiger partial charge is 1.00 e. The van der Waals surface area contributed by atoms with Crippen LogP contribution >= 0.6 is 0 Å². The van der Waals surface area contributed by atoms with E-state index in [1.165, 1.54) is 54.8 Å². The summed E-state index contributed by atoms with van der Waals surface area (Å²) in [5.41, 5.74) is 14.5. The Morgan fingerprint density at radius 3 is 1.51 bits per heavy atom. The monoisotopic (exact) mass is 1080 g/mol. The molecular formula is C65H58F3N8NaO3. The predicted molar refractivity (Wildman–Crippen MR) is 304 cm³/mol. The number of epoxide rings is 1. The van der Waals surface area contributed by atoms with Crippen LogP contribution in [0.3, 0.4) is 0 Å². The maximum absolute atomic E-state index is 13.2. The van der Waals surface area contributed by atoms with Crippen molar-refractivity contribution in [2.75, 3.05) is 24.2 Å². The number of nitrogen functional groups attached to an aromatic ring is 1. The van der Waals surface area contributed by atoms with Crippen molar-refractivity contribution in [3.63, 3.8) is 0 Å². The van der Waals surface area contributed by atoms with Gasteiger partial charge < -0.3 is 22.3 Å². The number of carbonyl (C=O) groups excluding carboxylic acids is 1. The molecular weight excluding hydrogens is 1020 g/mol. The van der Waals surface area contributed by atoms with Gasteiger partial charge in [0.25, 0.3) is 0 Å². The van der Waals surface area contributed by atoms with Gasteiger partial charge in [0.1, 0.15) is 28.7 Å². The third-order valence-electron chi connectivity index (χ3n) is 15.2. The molecule has 398 valence electrons. The molecule has 2 atom stereocenters. The molecule has 4 fully saturated rings. The van der Waals surface area contributed by atoms with Gasteiger partial charge in [-0.3, -0.25) is 4.79 Å². The Hall–Kier alpha value is -7.85. The number of ketones is 1. The Bertz CT molecular complexity index is 3920. The van der Waals surface area contributed by atoms with Gasteiger partial charge in [-0.15, -0.1) is 0 Å². The van der Waals surface area contributed by atoms with Crippen molar-refractivity contribution >= 4 is 49.9 Å². The first-order valence-corrected chi connectivity index (χ1v) is 26.7. The molecule has 0 radical (unpaired) electrons. The molecule has 15 heteroatoms. The van der Waals surface area contributed by atoms with Crippen LogP contribution in [-0.2, 0) is 15.9 Å². The maximum atomic E-state index is 13.2. The fourth-order valence-corrected chi connectivity index (χ4v) is 10.3. The van der Waals surface area contributed by atoms with E-state index in [1.807, 2.05) is 108 Å². The van der Waals surface area contributed by atoms with Crippen molar-refractivity contribution in [3.8, 4) is 17.1 Å². The van der Waals surface area contributed by atoms with Crippen LogP contribution in [0.25, 0.3) is 49.8 Å². The summed E-state index contributed by atoms with van der Waals surface area (Å²) in [7, 11) is 0. The van der Waals surface area contributed by atoms with Gasteiger partial charge in [0.05, 0.1) is 58.8 Å². The number of Topliss-reactive ketones (excluding diaryl/α,β-unsaturated/α-hetero) is 1. The van der Waals surface area contributed by atoms with E-state index in [4.69, 9.17) is 10.5 Å². The molecule has 3 saturated carbocycles. The molecule has 4 heterocycles. The number of rotatable bonds is 12. The Morgan fingerprint density at radius 1 is 0.600 bits per heavy atom. The average Bonchev–Trinajstić information content (AvgIpc) is 3.51. The fraction of sp³-hybridized carbons (Fsp3) is 0.200. The summed E-state index contributed by atoms with van der Waals surface area (Å²) in [5, 5.41) is 31.2. The number of anilines is 2. The second-order valence-corrected chi connectivity index (χ2v) is 20.8. The number of aromatic nitrogens is 6. The van der Waals surface area contributed by atoms with Crippen molar-refractivity contribution in [2.45, 2.75) is 49.7 Å². The Morgan fingerprint density at radius 2 is 1.06 bits per heavy atom. The summed E-state index contributed by atoms with van der Waals surface area (Å²) < 4.78 is 50.5. The first-order chi connectivity index (χ1) is 38.5. The fourth-order valence-electron chi connectivity index (χ4n) is 10.3. The number of aliphatic hydroxyl groups is 1. The van der Waals surface area contributed by atoms with E-state index in [2.05, 4.69) is 38.8 Å². The normalized spacial score (nSPS) is 16.9. The molecule has 3 aliphatic carbocycles. The topological polar surface area (TPSA) is 141 Å². The number of para-hydroxylation sites is 2. The van der Waals surface area contributed by atoms with Gasteiger partial charge >= 0.3 is 29.6 Å². The van der Waals surface area contributed by atoms with Gasteiger partial charge in [0.2, 0.25) is 0 Å². The van der Waals surface area contributed by atoms with Crippen LogP contribution in [0.5, 0.6) is 0 Å². The van der Waals surface area contributed by atoms with E-state index in [0.717, 1.165) is 105 Å². The zero-order valence-corrected chi connectivity index (χ0v) is 46.2. The molecule has 15 rings (SSSR count). The summed E-state index contributed by atoms with van der Waals surface area (Å²) in [5.74, 6) is 0.613. The van der Waals surface area contributed by atoms with Gasteiger partial charge in [0, 0.05) is 45.6 Å². The number of hydrogen-bond acceptors (Lipinski definition) is 8. The first-order valence-electron chi connectivity index (χ1n) is 26.7. The van der Waals surface area contributed by atoms with Crippen molar-refractivity contribution in [2.24, 2.45) is 17.8 Å². The van der Waals surface area contributed by atoms with Crippen LogP contribution in [0, 0.1) is 35.2 Å². The molecule has 8 aromatic carbocycles. The van der Waals surface area contributed by atoms with Crippen molar-refractivity contribution < 1.29 is 58.8 Å². The van der Waals surface area contributed by atoms with Gasteiger partial charge in [0.15, 0.2) is 5.78 Å². The van der Waals surface area contributed by atoms with Crippen molar-refractivity contribution in [3.05, 3.63) is 241 Å². The number of hydrogen-bond donors (Lipinski definition) is 3. The molecule has 0 bridgehead atoms. The maximum Gasteiger partial charge on any atom is 1.00 e. The number of nitrogens with two attached hydrogens (primary N) is 1. The summed E-state index contributed by atoms with van der Waals surface area (Å²) in [4.78, 5) is 12.1. The molecule has 80 heavy (non-hydrogen) atoms. The van der Waals surface area contributed by atoms with Gasteiger partial charge in [-0.2, -0.15) is 15.3 Å². The minimum Gasteiger partial charge on any atom is -1.00 e. The second kappa shape index (κ2) is 23.1. The summed E-state index contributed by atoms with van der Waals surface area (Å²) in [6, 6.07) is 56.4. The number of nitrogens with one attached hydrogen (secondary N) is 1. The van der Waals surface area contributed by atoms with Crippen LogP contribution in [0.15, 0.2) is 207 Å². The minimum absolute atomic E-state index is 0. The van der Waals surface area contributed by atoms with E-state index < -0.39 is 5.60 Å². The molecule has 1 saturated heterocycles. The molecule has 0 spiro atoms. The molecule has 3 aromatic heterocycles. The van der Waals surface area contributed by atoms with Crippen LogP contribution in [-0.4, -0.2) is 53.4 Å². The first kappa shape index (κ1) is 54.1. The van der Waals surface area contributed by atoms with E-state index in [-0.39, 0.29) is 71.7 Å². The van der Waals surface area contributed by atoms with E-state index in [1.54, 1.807) is 58.2 Å². The third kappa shape index (κ3) is 11.9. The van der Waals surface area contributed by atoms with Crippen molar-refractivity contribution in [1.82, 2.24) is 29.3 Å². The number of halogens is 3. The zero-order valence-electron chi connectivity index (χ0n) is 45.2. The Labute approximate surface area is 484 Å².